The molecule has 0 aromatic carbocycles. The second kappa shape index (κ2) is 17.4. The van der Waals surface area contributed by atoms with Gasteiger partial charge < -0.3 is 18.0 Å². The molecule has 0 spiro atoms. The molecule has 6 atom stereocenters. The van der Waals surface area contributed by atoms with Crippen LogP contribution >= 0.6 is 0 Å². The summed E-state index contributed by atoms with van der Waals surface area (Å²) < 4.78 is 27.3. The van der Waals surface area contributed by atoms with Gasteiger partial charge in [-0.1, -0.05) is 99.1 Å². The Hall–Kier alpha value is -0.779. The molecule has 0 aromatic rings. The quantitative estimate of drug-likeness (QED) is 0.0940. The number of allylic oxidation sites excluding steroid dienone is 3. The molecule has 3 aliphatic rings. The molecule has 0 amide bonds. The van der Waals surface area contributed by atoms with Gasteiger partial charge in [-0.25, -0.2) is 0 Å². The SMILES string of the molecule is C=C1[C@H](O[Si](C)(C)C(C)(C)C)CC(=C/C=C2\CCC[C@]3(C)[C@@H]([C@H](C)OC(=O)CCC(C)(C)O[Si](CC)(CC)CC)CC[C@@H]23)C[C@H]1O[Si](C)(C)C(C)(C)C. The van der Waals surface area contributed by atoms with Gasteiger partial charge >= 0.3 is 5.97 Å². The second-order valence-corrected chi connectivity index (χ2v) is 35.4. The third-order valence-electron chi connectivity index (χ3n) is 15.0. The Kier molecular flexibility index (Phi) is 15.3. The Morgan fingerprint density at radius 3 is 1.85 bits per heavy atom. The van der Waals surface area contributed by atoms with Crippen molar-refractivity contribution in [2.45, 2.75) is 226 Å². The lowest BCUT2D eigenvalue weighted by Gasteiger charge is -2.46. The molecule has 0 heterocycles. The Labute approximate surface area is 331 Å². The van der Waals surface area contributed by atoms with Gasteiger partial charge in [0.25, 0.3) is 0 Å². The van der Waals surface area contributed by atoms with Crippen LogP contribution in [0.4, 0.5) is 0 Å². The van der Waals surface area contributed by atoms with E-state index < -0.39 is 25.0 Å². The van der Waals surface area contributed by atoms with E-state index in [0.717, 1.165) is 49.4 Å². The summed E-state index contributed by atoms with van der Waals surface area (Å²) in [5.74, 6) is 0.830. The van der Waals surface area contributed by atoms with Crippen LogP contribution in [-0.4, -0.2) is 54.8 Å². The lowest BCUT2D eigenvalue weighted by Crippen LogP contribution is -2.49. The lowest BCUT2D eigenvalue weighted by atomic mass is 9.62. The molecule has 3 fully saturated rings. The summed E-state index contributed by atoms with van der Waals surface area (Å²) in [7, 11) is -5.79. The van der Waals surface area contributed by atoms with E-state index in [2.05, 4.69) is 135 Å². The molecule has 53 heavy (non-hydrogen) atoms. The monoisotopic (exact) mass is 789 g/mol. The third-order valence-corrected chi connectivity index (χ3v) is 28.8. The molecule has 3 saturated carbocycles. The van der Waals surface area contributed by atoms with Crippen molar-refractivity contribution in [2.75, 3.05) is 0 Å². The Morgan fingerprint density at radius 2 is 1.38 bits per heavy atom. The largest absolute Gasteiger partial charge is 0.462 e. The summed E-state index contributed by atoms with van der Waals surface area (Å²) >= 11 is 0. The number of rotatable bonds is 15. The highest BCUT2D eigenvalue weighted by Gasteiger charge is 2.52. The zero-order valence-corrected chi connectivity index (χ0v) is 40.8. The number of carbonyl (C=O) groups excluding carboxylic acids is 1. The molecule has 0 aromatic heterocycles. The molecule has 0 saturated heterocycles. The van der Waals surface area contributed by atoms with Crippen LogP contribution in [0, 0.1) is 17.3 Å². The van der Waals surface area contributed by atoms with E-state index in [1.165, 1.54) is 24.8 Å². The van der Waals surface area contributed by atoms with E-state index in [1.54, 1.807) is 5.57 Å². The van der Waals surface area contributed by atoms with Gasteiger partial charge in [0.05, 0.1) is 17.8 Å². The van der Waals surface area contributed by atoms with Gasteiger partial charge in [0.15, 0.2) is 25.0 Å². The first-order valence-corrected chi connectivity index (χ1v) is 29.8. The lowest BCUT2D eigenvalue weighted by molar-refractivity contribution is -0.154. The maximum absolute atomic E-state index is 13.3. The van der Waals surface area contributed by atoms with Gasteiger partial charge in [-0.15, -0.1) is 0 Å². The molecule has 5 nitrogen and oxygen atoms in total. The smallest absolute Gasteiger partial charge is 0.306 e. The highest BCUT2D eigenvalue weighted by atomic mass is 28.4. The van der Waals surface area contributed by atoms with Gasteiger partial charge in [0.2, 0.25) is 0 Å². The predicted molar refractivity (Wildman–Crippen MR) is 234 cm³/mol. The van der Waals surface area contributed by atoms with Crippen molar-refractivity contribution in [2.24, 2.45) is 17.3 Å². The van der Waals surface area contributed by atoms with Crippen molar-refractivity contribution in [1.82, 2.24) is 0 Å². The summed E-state index contributed by atoms with van der Waals surface area (Å²) in [4.78, 5) is 13.3. The summed E-state index contributed by atoms with van der Waals surface area (Å²) in [6.07, 6.45) is 13.5. The van der Waals surface area contributed by atoms with Crippen molar-refractivity contribution in [3.63, 3.8) is 0 Å². The third kappa shape index (κ3) is 11.2. The van der Waals surface area contributed by atoms with Crippen LogP contribution < -0.4 is 0 Å². The number of hydrogen-bond donors (Lipinski definition) is 0. The molecule has 0 bridgehead atoms. The van der Waals surface area contributed by atoms with Crippen LogP contribution in [0.2, 0.25) is 54.4 Å². The highest BCUT2D eigenvalue weighted by molar-refractivity contribution is 6.74. The molecule has 3 rings (SSSR count). The van der Waals surface area contributed by atoms with E-state index in [4.69, 9.17) is 18.0 Å². The number of carbonyl (C=O) groups is 1. The summed E-state index contributed by atoms with van der Waals surface area (Å²) in [6, 6.07) is 3.36. The number of esters is 1. The topological polar surface area (TPSA) is 54.0 Å². The maximum atomic E-state index is 13.3. The van der Waals surface area contributed by atoms with Gasteiger partial charge in [-0.3, -0.25) is 4.79 Å². The minimum absolute atomic E-state index is 0.0150. The Morgan fingerprint density at radius 1 is 0.868 bits per heavy atom. The van der Waals surface area contributed by atoms with Crippen molar-refractivity contribution in [1.29, 1.82) is 0 Å². The zero-order chi connectivity index (χ0) is 40.4. The van der Waals surface area contributed by atoms with Gasteiger partial charge in [-0.05, 0) is 143 Å². The van der Waals surface area contributed by atoms with Crippen LogP contribution in [0.3, 0.4) is 0 Å². The predicted octanol–water partition coefficient (Wildman–Crippen LogP) is 13.7. The first-order valence-electron chi connectivity index (χ1n) is 21.5. The number of hydrogen-bond acceptors (Lipinski definition) is 5. The maximum Gasteiger partial charge on any atom is 0.306 e. The molecule has 0 N–H and O–H groups in total. The zero-order valence-electron chi connectivity index (χ0n) is 37.8. The average Bonchev–Trinajstić information content (AvgIpc) is 3.40. The minimum Gasteiger partial charge on any atom is -0.462 e. The molecule has 0 unspecified atom stereocenters. The van der Waals surface area contributed by atoms with Crippen molar-refractivity contribution in [3.8, 4) is 0 Å². The van der Waals surface area contributed by atoms with Crippen LogP contribution in [-0.2, 0) is 22.8 Å². The normalized spacial score (nSPS) is 27.9. The van der Waals surface area contributed by atoms with E-state index in [-0.39, 0.29) is 45.4 Å². The van der Waals surface area contributed by atoms with Crippen LogP contribution in [0.15, 0.2) is 35.5 Å². The second-order valence-electron chi connectivity index (χ2n) is 21.2. The Bertz CT molecular complexity index is 1280. The molecule has 306 valence electrons. The molecule has 0 aliphatic heterocycles. The van der Waals surface area contributed by atoms with Crippen molar-refractivity contribution < 1.29 is 22.8 Å². The molecule has 3 aliphatic carbocycles. The summed E-state index contributed by atoms with van der Waals surface area (Å²) in [5, 5.41) is 0.252. The first kappa shape index (κ1) is 46.6. The fourth-order valence-electron chi connectivity index (χ4n) is 9.10. The van der Waals surface area contributed by atoms with E-state index in [9.17, 15) is 4.79 Å². The van der Waals surface area contributed by atoms with E-state index >= 15 is 0 Å². The van der Waals surface area contributed by atoms with Gasteiger partial charge in [0, 0.05) is 12.3 Å². The number of fused-ring (bicyclic) bond motifs is 1. The van der Waals surface area contributed by atoms with E-state index in [0.29, 0.717) is 24.7 Å². The van der Waals surface area contributed by atoms with Crippen LogP contribution in [0.1, 0.15) is 148 Å². The van der Waals surface area contributed by atoms with Crippen LogP contribution in [0.25, 0.3) is 0 Å². The van der Waals surface area contributed by atoms with E-state index in [1.807, 2.05) is 0 Å². The van der Waals surface area contributed by atoms with Gasteiger partial charge in [-0.2, -0.15) is 0 Å². The fourth-order valence-corrected chi connectivity index (χ4v) is 14.9. The van der Waals surface area contributed by atoms with Crippen molar-refractivity contribution in [3.05, 3.63) is 35.5 Å². The summed E-state index contributed by atoms with van der Waals surface area (Å²) in [6.45, 7) is 43.7. The number of ether oxygens (including phenoxy) is 1. The standard InChI is InChI=1S/C45H84O5Si3/c1-19-53(20-2,21-3)50-44(12,13)30-28-41(46)47-34(5)37-26-27-38-36(23-22-29-45(37,38)14)25-24-35-31-39(48-51(15,16)42(6,7)8)33(4)40(32-35)49-52(17,18)43(9,10)11/h24-25,34,37-40H,4,19-23,26-32H2,1-3,5-18H3/b36-25+/t34-,37+,38-,39+,40+,45+/m0/s1. The first-order chi connectivity index (χ1) is 24.2. The molecule has 8 heteroatoms. The highest BCUT2D eigenvalue weighted by Crippen LogP contribution is 2.59. The minimum atomic E-state index is -2.02. The molecular formula is C45H84O5Si3. The van der Waals surface area contributed by atoms with Gasteiger partial charge in [0.1, 0.15) is 6.10 Å². The van der Waals surface area contributed by atoms with Crippen molar-refractivity contribution >= 4 is 30.9 Å². The Balaban J connectivity index is 1.78. The average molecular weight is 789 g/mol. The molecular weight excluding hydrogens is 705 g/mol. The van der Waals surface area contributed by atoms with Crippen LogP contribution in [0.5, 0.6) is 0 Å². The fraction of sp³-hybridized carbons (Fsp3) is 0.844. The summed E-state index contributed by atoms with van der Waals surface area (Å²) in [5.41, 5.74) is 3.96. The molecule has 0 radical (unpaired) electrons.